The summed E-state index contributed by atoms with van der Waals surface area (Å²) in [7, 11) is 8.76. The Kier molecular flexibility index (Phi) is 12.2. The van der Waals surface area contributed by atoms with Crippen molar-refractivity contribution in [2.45, 2.75) is 26.7 Å². The molecule has 0 amide bonds. The molecule has 0 aliphatic carbocycles. The summed E-state index contributed by atoms with van der Waals surface area (Å²) in [5, 5.41) is 5.99. The average molecular weight is 732 g/mol. The number of benzene rings is 2. The third-order valence-electron chi connectivity index (χ3n) is 6.82. The molecule has 0 spiro atoms. The maximum absolute atomic E-state index is 6.47. The highest BCUT2D eigenvalue weighted by Crippen LogP contribution is 2.37. The minimum atomic E-state index is 0. The first kappa shape index (κ1) is 31.8. The van der Waals surface area contributed by atoms with E-state index in [1.807, 2.05) is 12.1 Å². The molecule has 6 nitrogen and oxygen atoms in total. The first-order valence-electron chi connectivity index (χ1n) is 13.0. The number of furan rings is 1. The molecule has 204 valence electrons. The van der Waals surface area contributed by atoms with Gasteiger partial charge in [-0.1, -0.05) is 26.0 Å². The second-order valence-electron chi connectivity index (χ2n) is 10.4. The predicted molar refractivity (Wildman–Crippen MR) is 146 cm³/mol. The Morgan fingerprint density at radius 2 is 1.70 bits per heavy atom. The zero-order valence-corrected chi connectivity index (χ0v) is 27.4. The number of pyridine rings is 1. The van der Waals surface area contributed by atoms with E-state index in [1.54, 1.807) is 0 Å². The molecule has 2 aromatic heterocycles. The van der Waals surface area contributed by atoms with Crippen molar-refractivity contribution >= 4 is 38.7 Å². The molecule has 0 fully saturated rings. The fourth-order valence-electron chi connectivity index (χ4n) is 4.84. The summed E-state index contributed by atoms with van der Waals surface area (Å²) in [6, 6.07) is 14.7. The van der Waals surface area contributed by atoms with Crippen LogP contribution >= 0.6 is 0 Å². The van der Waals surface area contributed by atoms with Crippen LogP contribution in [0.5, 0.6) is 5.75 Å². The molecular formula is C29H42I2N4O2. The number of hydrogen-bond donors (Lipinski definition) is 1. The van der Waals surface area contributed by atoms with E-state index < -0.39 is 0 Å². The Hall–Kier alpha value is -1.37. The van der Waals surface area contributed by atoms with Gasteiger partial charge in [0.1, 0.15) is 18.4 Å². The Labute approximate surface area is 255 Å². The van der Waals surface area contributed by atoms with Crippen LogP contribution in [-0.4, -0.2) is 69.9 Å². The number of ether oxygens (including phenoxy) is 1. The summed E-state index contributed by atoms with van der Waals surface area (Å²) in [6.45, 7) is 10.4. The molecule has 2 aromatic carbocycles. The number of nitrogens with one attached hydrogen (secondary N) is 1. The number of hydrogen-bond acceptors (Lipinski definition) is 4. The van der Waals surface area contributed by atoms with Crippen LogP contribution in [-0.2, 0) is 7.05 Å². The maximum atomic E-state index is 6.47. The summed E-state index contributed by atoms with van der Waals surface area (Å²) < 4.78 is 15.8. The number of aromatic nitrogens is 1. The van der Waals surface area contributed by atoms with Crippen LogP contribution in [0.2, 0.25) is 0 Å². The number of anilines is 1. The lowest BCUT2D eigenvalue weighted by Gasteiger charge is -2.23. The van der Waals surface area contributed by atoms with Gasteiger partial charge in [-0.2, -0.15) is 4.57 Å². The number of para-hydroxylation sites is 1. The van der Waals surface area contributed by atoms with E-state index in [1.165, 1.54) is 10.9 Å². The van der Waals surface area contributed by atoms with Crippen LogP contribution in [0.1, 0.15) is 26.7 Å². The molecule has 37 heavy (non-hydrogen) atoms. The van der Waals surface area contributed by atoms with Gasteiger partial charge < -0.3 is 71.8 Å². The summed E-state index contributed by atoms with van der Waals surface area (Å²) in [5.41, 5.74) is 5.15. The van der Waals surface area contributed by atoms with Gasteiger partial charge in [-0.25, -0.2) is 0 Å². The van der Waals surface area contributed by atoms with Gasteiger partial charge in [0.05, 0.1) is 50.8 Å². The van der Waals surface area contributed by atoms with Gasteiger partial charge in [-0.05, 0) is 50.3 Å². The van der Waals surface area contributed by atoms with E-state index in [-0.39, 0.29) is 48.0 Å². The fourth-order valence-corrected chi connectivity index (χ4v) is 4.84. The van der Waals surface area contributed by atoms with Crippen molar-refractivity contribution < 1.29 is 66.2 Å². The zero-order valence-electron chi connectivity index (χ0n) is 23.1. The van der Waals surface area contributed by atoms with E-state index in [4.69, 9.17) is 9.15 Å². The molecule has 8 heteroatoms. The van der Waals surface area contributed by atoms with Crippen LogP contribution in [0, 0.1) is 0 Å². The second kappa shape index (κ2) is 14.1. The number of halogens is 2. The van der Waals surface area contributed by atoms with E-state index >= 15 is 0 Å². The normalized spacial score (nSPS) is 11.6. The lowest BCUT2D eigenvalue weighted by atomic mass is 10.1. The Morgan fingerprint density at radius 1 is 0.973 bits per heavy atom. The molecule has 0 aliphatic rings. The van der Waals surface area contributed by atoms with Gasteiger partial charge in [0.15, 0.2) is 0 Å². The van der Waals surface area contributed by atoms with E-state index in [2.05, 4.69) is 87.2 Å². The minimum Gasteiger partial charge on any atom is -1.00 e. The maximum Gasteiger partial charge on any atom is 0.261 e. The van der Waals surface area contributed by atoms with Crippen molar-refractivity contribution in [3.63, 3.8) is 0 Å². The van der Waals surface area contributed by atoms with Gasteiger partial charge in [-0.15, -0.1) is 0 Å². The topological polar surface area (TPSA) is 41.5 Å². The molecule has 0 unspecified atom stereocenters. The lowest BCUT2D eigenvalue weighted by molar-refractivity contribution is -0.870. The van der Waals surface area contributed by atoms with Crippen LogP contribution in [0.25, 0.3) is 33.0 Å². The standard InChI is InChI=1S/C29H41N4O2.2HI/c1-7-32(8-2)18-11-17-30-27-23-13-9-10-14-25(23)31(3)28-24-21-22(15-16-26(24)35-29(27)28)34-20-12-19-33(4,5)6;;/h9-10,13-16,21H,7-8,11-12,17-20H2,1-6H3;2*1H/q+1;;/p-1. The van der Waals surface area contributed by atoms with Gasteiger partial charge in [0, 0.05) is 19.0 Å². The van der Waals surface area contributed by atoms with Crippen molar-refractivity contribution in [2.24, 2.45) is 7.05 Å². The lowest BCUT2D eigenvalue weighted by Crippen LogP contribution is -3.00. The van der Waals surface area contributed by atoms with Gasteiger partial charge in [0.25, 0.3) is 5.52 Å². The third kappa shape index (κ3) is 7.60. The number of quaternary nitrogens is 1. The van der Waals surface area contributed by atoms with Crippen molar-refractivity contribution in [3.05, 3.63) is 42.5 Å². The highest BCUT2D eigenvalue weighted by molar-refractivity contribution is 6.11. The molecule has 0 atom stereocenters. The van der Waals surface area contributed by atoms with Gasteiger partial charge in [0.2, 0.25) is 11.1 Å². The van der Waals surface area contributed by atoms with E-state index in [0.717, 1.165) is 83.6 Å². The molecule has 1 N–H and O–H groups in total. The number of aryl methyl sites for hydroxylation is 1. The largest absolute Gasteiger partial charge is 1.00 e. The van der Waals surface area contributed by atoms with Crippen molar-refractivity contribution in [3.8, 4) is 5.75 Å². The SMILES string of the molecule is CCN(CC)CCCNc1c2ccccc2[n+](C)c2c1oc1ccc(OCCC[N+](C)(C)C)cc12.[I-].[I-]. The monoisotopic (exact) mass is 732 g/mol. The molecule has 0 radical (unpaired) electrons. The molecule has 2 heterocycles. The summed E-state index contributed by atoms with van der Waals surface area (Å²) in [5.74, 6) is 0.892. The zero-order chi connectivity index (χ0) is 25.0. The van der Waals surface area contributed by atoms with E-state index in [0.29, 0.717) is 6.61 Å². The summed E-state index contributed by atoms with van der Waals surface area (Å²) >= 11 is 0. The smallest absolute Gasteiger partial charge is 0.261 e. The summed E-state index contributed by atoms with van der Waals surface area (Å²) in [6.07, 6.45) is 2.11. The fraction of sp³-hybridized carbons (Fsp3) is 0.483. The molecule has 0 aliphatic heterocycles. The summed E-state index contributed by atoms with van der Waals surface area (Å²) in [4.78, 5) is 2.46. The van der Waals surface area contributed by atoms with Crippen LogP contribution in [0.3, 0.4) is 0 Å². The van der Waals surface area contributed by atoms with Gasteiger partial charge in [-0.3, -0.25) is 0 Å². The average Bonchev–Trinajstić information content (AvgIpc) is 3.22. The Bertz CT molecular complexity index is 1300. The first-order valence-corrected chi connectivity index (χ1v) is 13.0. The highest BCUT2D eigenvalue weighted by atomic mass is 127. The molecule has 0 saturated heterocycles. The molecular weight excluding hydrogens is 690 g/mol. The number of fused-ring (bicyclic) bond motifs is 4. The van der Waals surface area contributed by atoms with Crippen LogP contribution in [0.4, 0.5) is 5.69 Å². The number of rotatable bonds is 12. The van der Waals surface area contributed by atoms with Crippen LogP contribution in [0.15, 0.2) is 46.9 Å². The minimum absolute atomic E-state index is 0. The second-order valence-corrected chi connectivity index (χ2v) is 10.4. The van der Waals surface area contributed by atoms with Crippen LogP contribution < -0.4 is 62.6 Å². The highest BCUT2D eigenvalue weighted by Gasteiger charge is 2.24. The number of nitrogens with zero attached hydrogens (tertiary/aromatic N) is 3. The Balaban J connectivity index is 0.00000241. The molecule has 4 aromatic rings. The molecule has 4 rings (SSSR count). The quantitative estimate of drug-likeness (QED) is 0.0898. The van der Waals surface area contributed by atoms with Crippen molar-refractivity contribution in [2.75, 3.05) is 65.8 Å². The van der Waals surface area contributed by atoms with Gasteiger partial charge >= 0.3 is 0 Å². The van der Waals surface area contributed by atoms with E-state index in [9.17, 15) is 0 Å². The molecule has 0 bridgehead atoms. The van der Waals surface area contributed by atoms with Crippen molar-refractivity contribution in [1.29, 1.82) is 0 Å². The predicted octanol–water partition coefficient (Wildman–Crippen LogP) is -0.809. The first-order chi connectivity index (χ1) is 16.8. The molecule has 0 saturated carbocycles. The van der Waals surface area contributed by atoms with Crippen molar-refractivity contribution in [1.82, 2.24) is 4.90 Å². The third-order valence-corrected chi connectivity index (χ3v) is 6.82. The Morgan fingerprint density at radius 3 is 2.41 bits per heavy atom.